The Bertz CT molecular complexity index is 762. The van der Waals surface area contributed by atoms with Crippen molar-refractivity contribution in [3.8, 4) is 0 Å². The van der Waals surface area contributed by atoms with Gasteiger partial charge < -0.3 is 10.2 Å². The van der Waals surface area contributed by atoms with Gasteiger partial charge in [-0.1, -0.05) is 23.2 Å². The van der Waals surface area contributed by atoms with E-state index in [-0.39, 0.29) is 27.6 Å². The summed E-state index contributed by atoms with van der Waals surface area (Å²) in [6.45, 7) is 3.21. The van der Waals surface area contributed by atoms with E-state index in [0.29, 0.717) is 5.56 Å². The predicted octanol–water partition coefficient (Wildman–Crippen LogP) is 3.56. The number of allylic oxidation sites excluding steroid dienone is 1. The van der Waals surface area contributed by atoms with Gasteiger partial charge in [0.25, 0.3) is 0 Å². The molecule has 2 rings (SSSR count). The number of rotatable bonds is 4. The zero-order valence-corrected chi connectivity index (χ0v) is 14.0. The van der Waals surface area contributed by atoms with Gasteiger partial charge in [-0.3, -0.25) is 14.4 Å². The number of carbonyl (C=O) groups excluding carboxylic acids is 2. The molecule has 1 aromatic rings. The molecule has 0 atom stereocenters. The Kier molecular flexibility index (Phi) is 4.55. The fraction of sp³-hybridized carbons (Fsp3) is 0.312. The summed E-state index contributed by atoms with van der Waals surface area (Å²) in [7, 11) is 0. The second-order valence-electron chi connectivity index (χ2n) is 5.81. The third kappa shape index (κ3) is 2.99. The number of hydrogen-bond acceptors (Lipinski definition) is 4. The Hall–Kier alpha value is -1.85. The van der Waals surface area contributed by atoms with Crippen molar-refractivity contribution in [3.63, 3.8) is 0 Å². The Morgan fingerprint density at radius 3 is 2.26 bits per heavy atom. The van der Waals surface area contributed by atoms with E-state index < -0.39 is 35.1 Å². The van der Waals surface area contributed by atoms with E-state index in [1.807, 2.05) is 0 Å². The summed E-state index contributed by atoms with van der Waals surface area (Å²) in [4.78, 5) is 35.5. The maximum Gasteiger partial charge on any atom is 0.303 e. The zero-order chi connectivity index (χ0) is 17.5. The molecular weight excluding hydrogens is 343 g/mol. The zero-order valence-electron chi connectivity index (χ0n) is 12.4. The first-order valence-electron chi connectivity index (χ1n) is 6.80. The molecule has 0 spiro atoms. The van der Waals surface area contributed by atoms with Crippen LogP contribution in [-0.4, -0.2) is 27.7 Å². The van der Waals surface area contributed by atoms with Crippen molar-refractivity contribution in [1.29, 1.82) is 0 Å². The van der Waals surface area contributed by atoms with Gasteiger partial charge in [-0.2, -0.15) is 0 Å². The van der Waals surface area contributed by atoms with E-state index in [1.165, 1.54) is 12.1 Å². The third-order valence-corrected chi connectivity index (χ3v) is 4.59. The standard InChI is InChI=1S/C16H14Cl2O5/c1-16(2)8-6-10(18)9(17)5-7(8)14(22)13(15(16)23)11(19)3-4-12(20)21/h5-6,22H,3-4H2,1-2H3,(H,20,21). The van der Waals surface area contributed by atoms with Crippen LogP contribution in [0, 0.1) is 0 Å². The summed E-state index contributed by atoms with van der Waals surface area (Å²) < 4.78 is 0. The largest absolute Gasteiger partial charge is 0.506 e. The van der Waals surface area contributed by atoms with Crippen molar-refractivity contribution >= 4 is 46.5 Å². The normalized spacial score (nSPS) is 16.3. The van der Waals surface area contributed by atoms with Crippen molar-refractivity contribution in [1.82, 2.24) is 0 Å². The topological polar surface area (TPSA) is 91.7 Å². The van der Waals surface area contributed by atoms with E-state index in [9.17, 15) is 19.5 Å². The summed E-state index contributed by atoms with van der Waals surface area (Å²) in [6.07, 6.45) is -0.787. The van der Waals surface area contributed by atoms with E-state index in [1.54, 1.807) is 13.8 Å². The number of aliphatic carboxylic acids is 1. The molecule has 0 heterocycles. The second-order valence-corrected chi connectivity index (χ2v) is 6.62. The SMILES string of the molecule is CC1(C)C(=O)C(C(=O)CCC(=O)O)=C(O)c2cc(Cl)c(Cl)cc21. The average Bonchev–Trinajstić information content (AvgIpc) is 2.45. The van der Waals surface area contributed by atoms with Gasteiger partial charge in [0.15, 0.2) is 11.6 Å². The molecule has 1 aromatic carbocycles. The number of carboxylic acids is 1. The van der Waals surface area contributed by atoms with Crippen LogP contribution in [0.5, 0.6) is 0 Å². The van der Waals surface area contributed by atoms with E-state index in [4.69, 9.17) is 28.3 Å². The fourth-order valence-electron chi connectivity index (χ4n) is 2.54. The highest BCUT2D eigenvalue weighted by Gasteiger charge is 2.43. The number of carboxylic acid groups (broad SMARTS) is 1. The van der Waals surface area contributed by atoms with Crippen molar-refractivity contribution in [2.24, 2.45) is 0 Å². The quantitative estimate of drug-likeness (QED) is 0.804. The molecule has 0 radical (unpaired) electrons. The number of Topliss-reactive ketones (excluding diaryl/α,β-unsaturated/α-hetero) is 2. The molecule has 0 fully saturated rings. The van der Waals surface area contributed by atoms with Crippen molar-refractivity contribution in [2.45, 2.75) is 32.1 Å². The maximum atomic E-state index is 12.6. The molecule has 23 heavy (non-hydrogen) atoms. The lowest BCUT2D eigenvalue weighted by molar-refractivity contribution is -0.138. The van der Waals surface area contributed by atoms with Crippen molar-refractivity contribution < 1.29 is 24.6 Å². The fourth-order valence-corrected chi connectivity index (χ4v) is 2.87. The van der Waals surface area contributed by atoms with Crippen LogP contribution < -0.4 is 0 Å². The average molecular weight is 357 g/mol. The van der Waals surface area contributed by atoms with Gasteiger partial charge in [-0.05, 0) is 31.5 Å². The Morgan fingerprint density at radius 1 is 1.13 bits per heavy atom. The number of aliphatic hydroxyl groups excluding tert-OH is 1. The molecule has 0 saturated heterocycles. The molecular formula is C16H14Cl2O5. The lowest BCUT2D eigenvalue weighted by Crippen LogP contribution is -2.38. The minimum Gasteiger partial charge on any atom is -0.506 e. The van der Waals surface area contributed by atoms with Gasteiger partial charge in [0.1, 0.15) is 11.3 Å². The number of ketones is 2. The summed E-state index contributed by atoms with van der Waals surface area (Å²) in [5.74, 6) is -2.93. The highest BCUT2D eigenvalue weighted by atomic mass is 35.5. The molecule has 0 bridgehead atoms. The molecule has 0 aromatic heterocycles. The number of benzene rings is 1. The minimum atomic E-state index is -1.16. The van der Waals surface area contributed by atoms with E-state index in [2.05, 4.69) is 0 Å². The van der Waals surface area contributed by atoms with Crippen molar-refractivity contribution in [2.75, 3.05) is 0 Å². The number of fused-ring (bicyclic) bond motifs is 1. The van der Waals surface area contributed by atoms with E-state index in [0.717, 1.165) is 0 Å². The number of aliphatic hydroxyl groups is 1. The first kappa shape index (κ1) is 17.5. The van der Waals surface area contributed by atoms with Gasteiger partial charge in [-0.15, -0.1) is 0 Å². The molecule has 122 valence electrons. The summed E-state index contributed by atoms with van der Waals surface area (Å²) in [5.41, 5.74) is -0.765. The van der Waals surface area contributed by atoms with Gasteiger partial charge in [0.05, 0.1) is 21.9 Å². The van der Waals surface area contributed by atoms with Gasteiger partial charge >= 0.3 is 5.97 Å². The van der Waals surface area contributed by atoms with Crippen molar-refractivity contribution in [3.05, 3.63) is 38.9 Å². The Balaban J connectivity index is 2.62. The molecule has 0 aliphatic heterocycles. The number of halogens is 2. The molecule has 7 heteroatoms. The highest BCUT2D eigenvalue weighted by Crippen LogP contribution is 2.42. The molecule has 1 aliphatic carbocycles. The number of hydrogen-bond donors (Lipinski definition) is 2. The van der Waals surface area contributed by atoms with Crippen LogP contribution in [0.15, 0.2) is 17.7 Å². The molecule has 0 amide bonds. The maximum absolute atomic E-state index is 12.6. The van der Waals surface area contributed by atoms with Crippen LogP contribution >= 0.6 is 23.2 Å². The van der Waals surface area contributed by atoms with E-state index >= 15 is 0 Å². The summed E-state index contributed by atoms with van der Waals surface area (Å²) in [5, 5.41) is 19.5. The van der Waals surface area contributed by atoms with Crippen LogP contribution in [0.25, 0.3) is 5.76 Å². The van der Waals surface area contributed by atoms with Crippen LogP contribution in [0.3, 0.4) is 0 Å². The monoisotopic (exact) mass is 356 g/mol. The van der Waals surface area contributed by atoms with Crippen LogP contribution in [-0.2, 0) is 19.8 Å². The molecule has 0 saturated carbocycles. The second kappa shape index (κ2) is 5.98. The lowest BCUT2D eigenvalue weighted by atomic mass is 9.70. The summed E-state index contributed by atoms with van der Waals surface area (Å²) in [6, 6.07) is 2.89. The first-order valence-corrected chi connectivity index (χ1v) is 7.56. The third-order valence-electron chi connectivity index (χ3n) is 3.87. The molecule has 0 unspecified atom stereocenters. The Morgan fingerprint density at radius 2 is 1.70 bits per heavy atom. The molecule has 1 aliphatic rings. The Labute approximate surface area is 142 Å². The molecule has 5 nitrogen and oxygen atoms in total. The van der Waals surface area contributed by atoms with Gasteiger partial charge in [0.2, 0.25) is 0 Å². The summed E-state index contributed by atoms with van der Waals surface area (Å²) >= 11 is 11.9. The highest BCUT2D eigenvalue weighted by molar-refractivity contribution is 6.42. The first-order chi connectivity index (χ1) is 10.6. The van der Waals surface area contributed by atoms with Crippen LogP contribution in [0.4, 0.5) is 0 Å². The van der Waals surface area contributed by atoms with Crippen LogP contribution in [0.2, 0.25) is 10.0 Å². The smallest absolute Gasteiger partial charge is 0.303 e. The lowest BCUT2D eigenvalue weighted by Gasteiger charge is -2.32. The predicted molar refractivity (Wildman–Crippen MR) is 85.9 cm³/mol. The van der Waals surface area contributed by atoms with Gasteiger partial charge in [0, 0.05) is 12.0 Å². The van der Waals surface area contributed by atoms with Crippen LogP contribution in [0.1, 0.15) is 37.8 Å². The number of carbonyl (C=O) groups is 3. The molecule has 2 N–H and O–H groups in total. The van der Waals surface area contributed by atoms with Gasteiger partial charge in [-0.25, -0.2) is 0 Å². The minimum absolute atomic E-state index is 0.180.